The van der Waals surface area contributed by atoms with Crippen LogP contribution < -0.4 is 5.32 Å². The minimum Gasteiger partial charge on any atom is -0.378 e. The molecule has 2 unspecified atom stereocenters. The Balaban J connectivity index is 1.64. The average Bonchev–Trinajstić information content (AvgIpc) is 2.45. The molecule has 1 saturated heterocycles. The van der Waals surface area contributed by atoms with Gasteiger partial charge in [0.25, 0.3) is 0 Å². The van der Waals surface area contributed by atoms with Crippen molar-refractivity contribution in [3.05, 3.63) is 42.2 Å². The summed E-state index contributed by atoms with van der Waals surface area (Å²) in [4.78, 5) is 4.14. The summed E-state index contributed by atoms with van der Waals surface area (Å²) in [6.45, 7) is 3.95. The number of hydrogen-bond acceptors (Lipinski definition) is 3. The zero-order chi connectivity index (χ0) is 13.1. The molecule has 0 bridgehead atoms. The summed E-state index contributed by atoms with van der Waals surface area (Å²) in [7, 11) is 0. The molecule has 100 valence electrons. The first kappa shape index (κ1) is 12.6. The Hall–Kier alpha value is -1.45. The molecule has 0 radical (unpaired) electrons. The molecule has 0 aliphatic carbocycles. The molecule has 0 saturated carbocycles. The van der Waals surface area contributed by atoms with Crippen LogP contribution in [0.15, 0.2) is 36.7 Å². The van der Waals surface area contributed by atoms with E-state index in [9.17, 15) is 0 Å². The molecule has 1 fully saturated rings. The maximum Gasteiger partial charge on any atom is 0.0561 e. The van der Waals surface area contributed by atoms with Gasteiger partial charge in [-0.05, 0) is 42.8 Å². The highest BCUT2D eigenvalue weighted by molar-refractivity contribution is 5.81. The molecule has 2 heterocycles. The van der Waals surface area contributed by atoms with Gasteiger partial charge in [-0.2, -0.15) is 0 Å². The maximum absolute atomic E-state index is 5.57. The van der Waals surface area contributed by atoms with Crippen LogP contribution in [0.2, 0.25) is 0 Å². The fraction of sp³-hybridized carbons (Fsp3) is 0.438. The largest absolute Gasteiger partial charge is 0.378 e. The van der Waals surface area contributed by atoms with E-state index in [0.717, 1.165) is 26.0 Å². The summed E-state index contributed by atoms with van der Waals surface area (Å²) in [6.07, 6.45) is 6.36. The van der Waals surface area contributed by atoms with E-state index < -0.39 is 0 Å². The average molecular weight is 256 g/mol. The fourth-order valence-electron chi connectivity index (χ4n) is 2.69. The number of nitrogens with zero attached hydrogens (tertiary/aromatic N) is 1. The predicted octanol–water partition coefficient (Wildman–Crippen LogP) is 2.89. The van der Waals surface area contributed by atoms with Gasteiger partial charge in [0.1, 0.15) is 0 Å². The SMILES string of the molecule is CC1CC(NCc2ccc3cnccc3c2)CCO1. The van der Waals surface area contributed by atoms with Gasteiger partial charge in [0.2, 0.25) is 0 Å². The van der Waals surface area contributed by atoms with Crippen LogP contribution in [-0.4, -0.2) is 23.7 Å². The van der Waals surface area contributed by atoms with E-state index in [2.05, 4.69) is 41.5 Å². The number of nitrogens with one attached hydrogen (secondary N) is 1. The van der Waals surface area contributed by atoms with Crippen molar-refractivity contribution < 1.29 is 4.74 Å². The Labute approximate surface area is 114 Å². The van der Waals surface area contributed by atoms with Crippen LogP contribution in [0.3, 0.4) is 0 Å². The lowest BCUT2D eigenvalue weighted by molar-refractivity contribution is 0.0130. The van der Waals surface area contributed by atoms with Gasteiger partial charge in [0.05, 0.1) is 6.10 Å². The van der Waals surface area contributed by atoms with Gasteiger partial charge in [-0.3, -0.25) is 4.98 Å². The number of hydrogen-bond donors (Lipinski definition) is 1. The van der Waals surface area contributed by atoms with Crippen LogP contribution in [0.1, 0.15) is 25.3 Å². The van der Waals surface area contributed by atoms with Crippen molar-refractivity contribution >= 4 is 10.8 Å². The number of rotatable bonds is 3. The molecule has 1 aromatic heterocycles. The van der Waals surface area contributed by atoms with Crippen LogP contribution in [0, 0.1) is 0 Å². The highest BCUT2D eigenvalue weighted by Gasteiger charge is 2.18. The maximum atomic E-state index is 5.57. The van der Waals surface area contributed by atoms with Crippen molar-refractivity contribution in [1.29, 1.82) is 0 Å². The summed E-state index contributed by atoms with van der Waals surface area (Å²) < 4.78 is 5.57. The van der Waals surface area contributed by atoms with Crippen molar-refractivity contribution in [2.75, 3.05) is 6.61 Å². The molecule has 1 aliphatic heterocycles. The molecule has 3 rings (SSSR count). The van der Waals surface area contributed by atoms with E-state index >= 15 is 0 Å². The minimum atomic E-state index is 0.383. The van der Waals surface area contributed by atoms with Crippen LogP contribution in [-0.2, 0) is 11.3 Å². The van der Waals surface area contributed by atoms with Crippen molar-refractivity contribution in [1.82, 2.24) is 10.3 Å². The van der Waals surface area contributed by atoms with E-state index in [1.54, 1.807) is 0 Å². The Bertz CT molecular complexity index is 555. The summed E-state index contributed by atoms with van der Waals surface area (Å²) in [5.41, 5.74) is 1.33. The fourth-order valence-corrected chi connectivity index (χ4v) is 2.69. The molecule has 1 N–H and O–H groups in total. The molecule has 0 spiro atoms. The first-order valence-corrected chi connectivity index (χ1v) is 6.99. The van der Waals surface area contributed by atoms with Gasteiger partial charge in [-0.15, -0.1) is 0 Å². The highest BCUT2D eigenvalue weighted by Crippen LogP contribution is 2.16. The number of fused-ring (bicyclic) bond motifs is 1. The number of aromatic nitrogens is 1. The third-order valence-corrected chi connectivity index (χ3v) is 3.78. The Morgan fingerprint density at radius 1 is 1.32 bits per heavy atom. The van der Waals surface area contributed by atoms with Crippen LogP contribution in [0.4, 0.5) is 0 Å². The van der Waals surface area contributed by atoms with E-state index in [1.165, 1.54) is 16.3 Å². The minimum absolute atomic E-state index is 0.383. The predicted molar refractivity (Wildman–Crippen MR) is 77.0 cm³/mol. The van der Waals surface area contributed by atoms with E-state index in [4.69, 9.17) is 4.74 Å². The molecule has 0 amide bonds. The second-order valence-corrected chi connectivity index (χ2v) is 5.34. The van der Waals surface area contributed by atoms with Gasteiger partial charge in [-0.1, -0.05) is 12.1 Å². The normalized spacial score (nSPS) is 23.6. The van der Waals surface area contributed by atoms with Crippen molar-refractivity contribution in [3.8, 4) is 0 Å². The van der Waals surface area contributed by atoms with Crippen molar-refractivity contribution in [2.24, 2.45) is 0 Å². The van der Waals surface area contributed by atoms with Gasteiger partial charge in [0.15, 0.2) is 0 Å². The molecular formula is C16H20N2O. The molecule has 3 nitrogen and oxygen atoms in total. The smallest absolute Gasteiger partial charge is 0.0561 e. The summed E-state index contributed by atoms with van der Waals surface area (Å²) in [5, 5.41) is 6.10. The standard InChI is InChI=1S/C16H20N2O/c1-12-8-16(5-7-19-12)18-10-13-2-3-15-11-17-6-4-14(15)9-13/h2-4,6,9,11-12,16,18H,5,7-8,10H2,1H3. The monoisotopic (exact) mass is 256 g/mol. The second-order valence-electron chi connectivity index (χ2n) is 5.34. The lowest BCUT2D eigenvalue weighted by Gasteiger charge is -2.28. The van der Waals surface area contributed by atoms with Gasteiger partial charge in [0, 0.05) is 37.0 Å². The lowest BCUT2D eigenvalue weighted by atomic mass is 10.0. The van der Waals surface area contributed by atoms with Gasteiger partial charge in [-0.25, -0.2) is 0 Å². The van der Waals surface area contributed by atoms with Gasteiger partial charge >= 0.3 is 0 Å². The van der Waals surface area contributed by atoms with E-state index in [1.807, 2.05) is 12.4 Å². The third-order valence-electron chi connectivity index (χ3n) is 3.78. The molecule has 19 heavy (non-hydrogen) atoms. The van der Waals surface area contributed by atoms with E-state index in [-0.39, 0.29) is 0 Å². The van der Waals surface area contributed by atoms with Crippen molar-refractivity contribution in [2.45, 2.75) is 38.5 Å². The van der Waals surface area contributed by atoms with Crippen molar-refractivity contribution in [3.63, 3.8) is 0 Å². The molecule has 1 aromatic carbocycles. The molecular weight excluding hydrogens is 236 g/mol. The van der Waals surface area contributed by atoms with Crippen LogP contribution in [0.5, 0.6) is 0 Å². The highest BCUT2D eigenvalue weighted by atomic mass is 16.5. The van der Waals surface area contributed by atoms with Gasteiger partial charge < -0.3 is 10.1 Å². The van der Waals surface area contributed by atoms with Crippen LogP contribution in [0.25, 0.3) is 10.8 Å². The zero-order valence-corrected chi connectivity index (χ0v) is 11.3. The number of benzene rings is 1. The van der Waals surface area contributed by atoms with E-state index in [0.29, 0.717) is 12.1 Å². The lowest BCUT2D eigenvalue weighted by Crippen LogP contribution is -2.37. The molecule has 1 aliphatic rings. The third kappa shape index (κ3) is 3.11. The molecule has 2 atom stereocenters. The Morgan fingerprint density at radius 3 is 3.16 bits per heavy atom. The summed E-state index contributed by atoms with van der Waals surface area (Å²) >= 11 is 0. The topological polar surface area (TPSA) is 34.2 Å². The number of ether oxygens (including phenoxy) is 1. The molecule has 2 aromatic rings. The number of pyridine rings is 1. The first-order chi connectivity index (χ1) is 9.31. The molecule has 3 heteroatoms. The summed E-state index contributed by atoms with van der Waals surface area (Å²) in [5.74, 6) is 0. The Kier molecular flexibility index (Phi) is 3.76. The second kappa shape index (κ2) is 5.68. The van der Waals surface area contributed by atoms with Crippen LogP contribution >= 0.6 is 0 Å². The first-order valence-electron chi connectivity index (χ1n) is 6.99. The quantitative estimate of drug-likeness (QED) is 0.917. The zero-order valence-electron chi connectivity index (χ0n) is 11.3. The summed E-state index contributed by atoms with van der Waals surface area (Å²) in [6, 6.07) is 9.21. The Morgan fingerprint density at radius 2 is 2.26 bits per heavy atom.